The van der Waals surface area contributed by atoms with Gasteiger partial charge in [0.25, 0.3) is 0 Å². The van der Waals surface area contributed by atoms with Crippen LogP contribution in [-0.4, -0.2) is 41.0 Å². The lowest BCUT2D eigenvalue weighted by atomic mass is 10.1. The molecule has 3 rings (SSSR count). The molecule has 0 saturated carbocycles. The molecule has 1 aliphatic heterocycles. The van der Waals surface area contributed by atoms with Gasteiger partial charge in [-0.25, -0.2) is 9.97 Å². The van der Waals surface area contributed by atoms with E-state index in [0.717, 1.165) is 43.8 Å². The first-order chi connectivity index (χ1) is 8.83. The number of piperazine rings is 1. The van der Waals surface area contributed by atoms with Gasteiger partial charge in [0.05, 0.1) is 0 Å². The van der Waals surface area contributed by atoms with Gasteiger partial charge in [0.2, 0.25) is 0 Å². The second kappa shape index (κ2) is 4.88. The van der Waals surface area contributed by atoms with Crippen molar-refractivity contribution in [2.24, 2.45) is 0 Å². The van der Waals surface area contributed by atoms with Crippen LogP contribution >= 0.6 is 0 Å². The van der Waals surface area contributed by atoms with E-state index < -0.39 is 0 Å². The average molecular weight is 243 g/mol. The van der Waals surface area contributed by atoms with E-state index in [1.807, 2.05) is 18.3 Å². The van der Waals surface area contributed by atoms with Crippen molar-refractivity contribution in [3.63, 3.8) is 0 Å². The molecule has 0 unspecified atom stereocenters. The van der Waals surface area contributed by atoms with E-state index in [9.17, 15) is 0 Å². The second-order valence-corrected chi connectivity index (χ2v) is 4.60. The quantitative estimate of drug-likeness (QED) is 0.809. The number of aromatic nitrogens is 2. The fourth-order valence-electron chi connectivity index (χ4n) is 2.35. The minimum Gasteiger partial charge on any atom is -0.384 e. The Hall–Kier alpha value is -1.72. The smallest absolute Gasteiger partial charge is 0.161 e. The first kappa shape index (κ1) is 11.4. The normalized spacial score (nSPS) is 17.1. The second-order valence-electron chi connectivity index (χ2n) is 4.60. The van der Waals surface area contributed by atoms with Crippen molar-refractivity contribution >= 4 is 16.9 Å². The summed E-state index contributed by atoms with van der Waals surface area (Å²) in [6.07, 6.45) is 1.81. The molecule has 1 fully saturated rings. The van der Waals surface area contributed by atoms with Crippen LogP contribution in [0.5, 0.6) is 0 Å². The summed E-state index contributed by atoms with van der Waals surface area (Å²) in [6, 6.07) is 5.93. The van der Waals surface area contributed by atoms with E-state index in [2.05, 4.69) is 26.3 Å². The summed E-state index contributed by atoms with van der Waals surface area (Å²) in [5.41, 5.74) is 7.70. The van der Waals surface area contributed by atoms with E-state index in [1.54, 1.807) is 0 Å². The van der Waals surface area contributed by atoms with Crippen LogP contribution in [0.25, 0.3) is 11.0 Å². The first-order valence-corrected chi connectivity index (χ1v) is 6.26. The number of hydrogen-bond acceptors (Lipinski definition) is 5. The van der Waals surface area contributed by atoms with Crippen molar-refractivity contribution in [1.29, 1.82) is 0 Å². The molecule has 0 aliphatic carbocycles. The number of hydrogen-bond donors (Lipinski definition) is 2. The highest BCUT2D eigenvalue weighted by Crippen LogP contribution is 2.18. The van der Waals surface area contributed by atoms with Gasteiger partial charge in [-0.15, -0.1) is 0 Å². The summed E-state index contributed by atoms with van der Waals surface area (Å²) < 4.78 is 0. The van der Waals surface area contributed by atoms with Crippen LogP contribution in [0, 0.1) is 0 Å². The molecule has 0 aromatic carbocycles. The predicted molar refractivity (Wildman–Crippen MR) is 72.1 cm³/mol. The van der Waals surface area contributed by atoms with Crippen LogP contribution in [0.4, 0.5) is 5.82 Å². The van der Waals surface area contributed by atoms with Crippen LogP contribution in [-0.2, 0) is 6.54 Å². The van der Waals surface area contributed by atoms with Crippen molar-refractivity contribution < 1.29 is 0 Å². The van der Waals surface area contributed by atoms with Crippen LogP contribution in [0.3, 0.4) is 0 Å². The number of nitrogens with one attached hydrogen (secondary N) is 1. The van der Waals surface area contributed by atoms with Crippen LogP contribution in [0.1, 0.15) is 5.56 Å². The number of nitrogen functional groups attached to an aromatic ring is 1. The molecular weight excluding hydrogens is 226 g/mol. The average Bonchev–Trinajstić information content (AvgIpc) is 2.40. The van der Waals surface area contributed by atoms with Gasteiger partial charge in [0.1, 0.15) is 5.82 Å². The molecule has 2 aromatic heterocycles. The Morgan fingerprint density at radius 3 is 2.89 bits per heavy atom. The first-order valence-electron chi connectivity index (χ1n) is 6.26. The van der Waals surface area contributed by atoms with Crippen molar-refractivity contribution in [3.05, 3.63) is 30.0 Å². The third-order valence-corrected chi connectivity index (χ3v) is 3.32. The summed E-state index contributed by atoms with van der Waals surface area (Å²) in [5, 5.41) is 4.46. The van der Waals surface area contributed by atoms with Crippen molar-refractivity contribution in [3.8, 4) is 0 Å². The molecule has 0 bridgehead atoms. The molecule has 94 valence electrons. The number of nitrogens with two attached hydrogens (primary N) is 1. The third kappa shape index (κ3) is 2.27. The van der Waals surface area contributed by atoms with Gasteiger partial charge in [0, 0.05) is 44.3 Å². The highest BCUT2D eigenvalue weighted by atomic mass is 15.2. The van der Waals surface area contributed by atoms with E-state index in [-0.39, 0.29) is 0 Å². The molecule has 18 heavy (non-hydrogen) atoms. The van der Waals surface area contributed by atoms with Gasteiger partial charge in [-0.1, -0.05) is 0 Å². The number of pyridine rings is 2. The molecule has 1 saturated heterocycles. The number of fused-ring (bicyclic) bond motifs is 1. The Bertz CT molecular complexity index is 548. The maximum Gasteiger partial charge on any atom is 0.161 e. The Balaban J connectivity index is 1.91. The van der Waals surface area contributed by atoms with E-state index >= 15 is 0 Å². The lowest BCUT2D eigenvalue weighted by Crippen LogP contribution is -2.42. The molecule has 0 radical (unpaired) electrons. The molecule has 2 aromatic rings. The van der Waals surface area contributed by atoms with Crippen LogP contribution in [0.15, 0.2) is 24.4 Å². The number of anilines is 1. The highest BCUT2D eigenvalue weighted by molar-refractivity contribution is 5.79. The predicted octanol–water partition coefficient (Wildman–Crippen LogP) is 0.617. The van der Waals surface area contributed by atoms with Crippen LogP contribution < -0.4 is 11.1 Å². The fourth-order valence-corrected chi connectivity index (χ4v) is 2.35. The maximum absolute atomic E-state index is 5.69. The van der Waals surface area contributed by atoms with Gasteiger partial charge < -0.3 is 11.1 Å². The zero-order chi connectivity index (χ0) is 12.4. The van der Waals surface area contributed by atoms with Crippen molar-refractivity contribution in [2.45, 2.75) is 6.54 Å². The van der Waals surface area contributed by atoms with Gasteiger partial charge in [-0.05, 0) is 23.8 Å². The maximum atomic E-state index is 5.69. The Morgan fingerprint density at radius 2 is 2.06 bits per heavy atom. The monoisotopic (exact) mass is 243 g/mol. The summed E-state index contributed by atoms with van der Waals surface area (Å²) >= 11 is 0. The Labute approximate surface area is 106 Å². The topological polar surface area (TPSA) is 67.1 Å². The minimum atomic E-state index is 0.523. The van der Waals surface area contributed by atoms with Gasteiger partial charge >= 0.3 is 0 Å². The third-order valence-electron chi connectivity index (χ3n) is 3.32. The van der Waals surface area contributed by atoms with E-state index in [0.29, 0.717) is 5.82 Å². The standard InChI is InChI=1S/C13H17N5/c14-12-2-1-11-10(3-4-16-13(11)17-12)9-18-7-5-15-6-8-18/h1-4,15H,5-9H2,(H2,14,16,17). The largest absolute Gasteiger partial charge is 0.384 e. The van der Waals surface area contributed by atoms with Crippen LogP contribution in [0.2, 0.25) is 0 Å². The SMILES string of the molecule is Nc1ccc2c(CN3CCNCC3)ccnc2n1. The van der Waals surface area contributed by atoms with E-state index in [4.69, 9.17) is 5.73 Å². The van der Waals surface area contributed by atoms with Gasteiger partial charge in [-0.2, -0.15) is 0 Å². The lowest BCUT2D eigenvalue weighted by molar-refractivity contribution is 0.234. The number of nitrogens with zero attached hydrogens (tertiary/aromatic N) is 3. The zero-order valence-corrected chi connectivity index (χ0v) is 10.3. The molecule has 3 N–H and O–H groups in total. The molecule has 3 heterocycles. The fraction of sp³-hybridized carbons (Fsp3) is 0.385. The lowest BCUT2D eigenvalue weighted by Gasteiger charge is -2.27. The molecular formula is C13H17N5. The molecule has 0 amide bonds. The summed E-state index contributed by atoms with van der Waals surface area (Å²) in [7, 11) is 0. The molecule has 0 spiro atoms. The van der Waals surface area contributed by atoms with Gasteiger partial charge in [0.15, 0.2) is 5.65 Å². The summed E-state index contributed by atoms with van der Waals surface area (Å²) in [5.74, 6) is 0.523. The molecule has 0 atom stereocenters. The Morgan fingerprint density at radius 1 is 1.22 bits per heavy atom. The molecule has 5 nitrogen and oxygen atoms in total. The van der Waals surface area contributed by atoms with Gasteiger partial charge in [-0.3, -0.25) is 4.90 Å². The van der Waals surface area contributed by atoms with E-state index in [1.165, 1.54) is 5.56 Å². The minimum absolute atomic E-state index is 0.523. The summed E-state index contributed by atoms with van der Waals surface area (Å²) in [4.78, 5) is 11.0. The summed E-state index contributed by atoms with van der Waals surface area (Å²) in [6.45, 7) is 5.26. The molecule has 1 aliphatic rings. The number of rotatable bonds is 2. The molecule has 5 heteroatoms. The van der Waals surface area contributed by atoms with Crippen molar-refractivity contribution in [2.75, 3.05) is 31.9 Å². The zero-order valence-electron chi connectivity index (χ0n) is 10.3. The van der Waals surface area contributed by atoms with Crippen molar-refractivity contribution in [1.82, 2.24) is 20.2 Å². The Kier molecular flexibility index (Phi) is 3.08. The highest BCUT2D eigenvalue weighted by Gasteiger charge is 2.12.